The van der Waals surface area contributed by atoms with Gasteiger partial charge in [-0.2, -0.15) is 12.6 Å². The highest BCUT2D eigenvalue weighted by molar-refractivity contribution is 7.80. The Labute approximate surface area is 165 Å². The molecule has 0 spiro atoms. The van der Waals surface area contributed by atoms with Gasteiger partial charge < -0.3 is 26.8 Å². The second-order valence-corrected chi connectivity index (χ2v) is 7.32. The summed E-state index contributed by atoms with van der Waals surface area (Å²) in [5, 5.41) is 16.5. The zero-order valence-electron chi connectivity index (χ0n) is 16.5. The van der Waals surface area contributed by atoms with Crippen molar-refractivity contribution in [3.8, 4) is 0 Å². The lowest BCUT2D eigenvalue weighted by Crippen LogP contribution is -2.58. The van der Waals surface area contributed by atoms with E-state index in [1.165, 1.54) is 6.92 Å². The van der Waals surface area contributed by atoms with Crippen LogP contribution in [0.1, 0.15) is 41.0 Å². The van der Waals surface area contributed by atoms with Crippen LogP contribution in [0, 0.1) is 11.8 Å². The van der Waals surface area contributed by atoms with Crippen molar-refractivity contribution in [2.45, 2.75) is 65.2 Å². The van der Waals surface area contributed by atoms with Crippen molar-refractivity contribution in [3.63, 3.8) is 0 Å². The van der Waals surface area contributed by atoms with Crippen molar-refractivity contribution in [2.75, 3.05) is 5.75 Å². The normalized spacial score (nSPS) is 16.6. The lowest BCUT2D eigenvalue weighted by molar-refractivity contribution is -0.142. The van der Waals surface area contributed by atoms with Crippen LogP contribution in [0.4, 0.5) is 0 Å². The first-order valence-electron chi connectivity index (χ1n) is 8.96. The number of carboxylic acids is 1. The van der Waals surface area contributed by atoms with Crippen molar-refractivity contribution >= 4 is 36.3 Å². The molecule has 5 unspecified atom stereocenters. The van der Waals surface area contributed by atoms with Crippen molar-refractivity contribution in [1.82, 2.24) is 16.0 Å². The van der Waals surface area contributed by atoms with E-state index >= 15 is 0 Å². The highest BCUT2D eigenvalue weighted by Gasteiger charge is 2.31. The Hall–Kier alpha value is -1.81. The number of rotatable bonds is 11. The maximum Gasteiger partial charge on any atom is 0.327 e. The molecule has 0 aromatic rings. The summed E-state index contributed by atoms with van der Waals surface area (Å²) in [5.74, 6) is -3.26. The van der Waals surface area contributed by atoms with Gasteiger partial charge in [0.2, 0.25) is 17.7 Å². The predicted octanol–water partition coefficient (Wildman–Crippen LogP) is -0.495. The number of carbonyl (C=O) groups excluding carboxylic acids is 3. The van der Waals surface area contributed by atoms with Crippen LogP contribution < -0.4 is 21.7 Å². The van der Waals surface area contributed by atoms with E-state index in [1.54, 1.807) is 20.8 Å². The average Bonchev–Trinajstić information content (AvgIpc) is 2.61. The summed E-state index contributed by atoms with van der Waals surface area (Å²) in [5.41, 5.74) is 5.76. The zero-order chi connectivity index (χ0) is 21.3. The second kappa shape index (κ2) is 11.8. The van der Waals surface area contributed by atoms with Crippen molar-refractivity contribution in [3.05, 3.63) is 0 Å². The molecule has 5 atom stereocenters. The van der Waals surface area contributed by atoms with E-state index in [0.29, 0.717) is 6.42 Å². The van der Waals surface area contributed by atoms with Crippen LogP contribution in [-0.2, 0) is 19.2 Å². The Morgan fingerprint density at radius 3 is 1.93 bits per heavy atom. The Morgan fingerprint density at radius 2 is 1.52 bits per heavy atom. The summed E-state index contributed by atoms with van der Waals surface area (Å²) in [6.07, 6.45) is 0.579. The SMILES string of the molecule is CCC(C)C(NC(=O)C(C)NC(=O)C(N)C(C)C)C(=O)NC(CS)C(=O)O. The molecule has 0 rings (SSSR count). The van der Waals surface area contributed by atoms with E-state index in [-0.39, 0.29) is 17.6 Å². The van der Waals surface area contributed by atoms with Gasteiger partial charge in [-0.3, -0.25) is 14.4 Å². The van der Waals surface area contributed by atoms with Gasteiger partial charge in [0.1, 0.15) is 18.1 Å². The quantitative estimate of drug-likeness (QED) is 0.256. The van der Waals surface area contributed by atoms with Gasteiger partial charge in [-0.05, 0) is 18.8 Å². The summed E-state index contributed by atoms with van der Waals surface area (Å²) in [4.78, 5) is 48.0. The third kappa shape index (κ3) is 8.17. The number of nitrogens with two attached hydrogens (primary N) is 1. The first-order valence-corrected chi connectivity index (χ1v) is 9.59. The van der Waals surface area contributed by atoms with E-state index in [9.17, 15) is 19.2 Å². The van der Waals surface area contributed by atoms with Gasteiger partial charge in [0.05, 0.1) is 6.04 Å². The molecule has 0 aliphatic rings. The van der Waals surface area contributed by atoms with Crippen molar-refractivity contribution < 1.29 is 24.3 Å². The fraction of sp³-hybridized carbons (Fsp3) is 0.765. The van der Waals surface area contributed by atoms with E-state index in [0.717, 1.165) is 0 Å². The minimum Gasteiger partial charge on any atom is -0.480 e. The monoisotopic (exact) mass is 404 g/mol. The fourth-order valence-electron chi connectivity index (χ4n) is 2.11. The van der Waals surface area contributed by atoms with Gasteiger partial charge in [-0.15, -0.1) is 0 Å². The molecule has 0 heterocycles. The third-order valence-corrected chi connectivity index (χ3v) is 4.73. The molecule has 0 aliphatic carbocycles. The molecule has 0 bridgehead atoms. The molecule has 0 fully saturated rings. The molecule has 3 amide bonds. The van der Waals surface area contributed by atoms with Crippen LogP contribution in [0.15, 0.2) is 0 Å². The molecule has 0 radical (unpaired) electrons. The summed E-state index contributed by atoms with van der Waals surface area (Å²) < 4.78 is 0. The van der Waals surface area contributed by atoms with Crippen LogP contribution in [0.5, 0.6) is 0 Å². The minimum atomic E-state index is -1.21. The number of aliphatic carboxylic acids is 1. The van der Waals surface area contributed by atoms with Gasteiger partial charge in [0, 0.05) is 5.75 Å². The van der Waals surface area contributed by atoms with Gasteiger partial charge in [-0.1, -0.05) is 34.1 Å². The van der Waals surface area contributed by atoms with Crippen LogP contribution in [0.2, 0.25) is 0 Å². The maximum atomic E-state index is 12.5. The molecule has 6 N–H and O–H groups in total. The lowest BCUT2D eigenvalue weighted by Gasteiger charge is -2.27. The Bertz CT molecular complexity index is 543. The molecule has 156 valence electrons. The standard InChI is InChI=1S/C17H32N4O5S/c1-6-9(4)13(16(24)20-11(7-27)17(25)26)21-14(22)10(5)19-15(23)12(18)8(2)3/h8-13,27H,6-7,18H2,1-5H3,(H,19,23)(H,20,24)(H,21,22)(H,25,26). The molecule has 0 aliphatic heterocycles. The molecule has 9 nitrogen and oxygen atoms in total. The Balaban J connectivity index is 5.08. The molecule has 27 heavy (non-hydrogen) atoms. The van der Waals surface area contributed by atoms with Crippen molar-refractivity contribution in [2.24, 2.45) is 17.6 Å². The number of carbonyl (C=O) groups is 4. The van der Waals surface area contributed by atoms with Crippen molar-refractivity contribution in [1.29, 1.82) is 0 Å². The Morgan fingerprint density at radius 1 is 0.963 bits per heavy atom. The second-order valence-electron chi connectivity index (χ2n) is 6.95. The molecular weight excluding hydrogens is 372 g/mol. The van der Waals surface area contributed by atoms with E-state index in [4.69, 9.17) is 10.8 Å². The number of hydrogen-bond acceptors (Lipinski definition) is 6. The molecular formula is C17H32N4O5S. The maximum absolute atomic E-state index is 12.5. The number of carboxylic acid groups (broad SMARTS) is 1. The smallest absolute Gasteiger partial charge is 0.327 e. The highest BCUT2D eigenvalue weighted by Crippen LogP contribution is 2.09. The molecule has 0 aromatic carbocycles. The van der Waals surface area contributed by atoms with Crippen LogP contribution >= 0.6 is 12.6 Å². The average molecular weight is 405 g/mol. The predicted molar refractivity (Wildman–Crippen MR) is 105 cm³/mol. The topological polar surface area (TPSA) is 151 Å². The summed E-state index contributed by atoms with van der Waals surface area (Å²) >= 11 is 3.91. The number of amides is 3. The third-order valence-electron chi connectivity index (χ3n) is 4.36. The van der Waals surface area contributed by atoms with Crippen LogP contribution in [0.3, 0.4) is 0 Å². The summed E-state index contributed by atoms with van der Waals surface area (Å²) in [7, 11) is 0. The van der Waals surface area contributed by atoms with Gasteiger partial charge in [0.25, 0.3) is 0 Å². The summed E-state index contributed by atoms with van der Waals surface area (Å²) in [6.45, 7) is 8.67. The Kier molecular flexibility index (Phi) is 11.0. The largest absolute Gasteiger partial charge is 0.480 e. The lowest BCUT2D eigenvalue weighted by atomic mass is 9.97. The van der Waals surface area contributed by atoms with Crippen LogP contribution in [0.25, 0.3) is 0 Å². The molecule has 10 heteroatoms. The van der Waals surface area contributed by atoms with Gasteiger partial charge in [0.15, 0.2) is 0 Å². The van der Waals surface area contributed by atoms with Gasteiger partial charge >= 0.3 is 5.97 Å². The number of nitrogens with one attached hydrogen (secondary N) is 3. The fourth-order valence-corrected chi connectivity index (χ4v) is 2.35. The molecule has 0 saturated heterocycles. The highest BCUT2D eigenvalue weighted by atomic mass is 32.1. The van der Waals surface area contributed by atoms with Gasteiger partial charge in [-0.25, -0.2) is 4.79 Å². The first-order chi connectivity index (χ1) is 12.5. The molecule has 0 saturated carbocycles. The summed E-state index contributed by atoms with van der Waals surface area (Å²) in [6, 6.07) is -3.75. The minimum absolute atomic E-state index is 0.0816. The molecule has 0 aromatic heterocycles. The first kappa shape index (κ1) is 25.2. The van der Waals surface area contributed by atoms with E-state index in [2.05, 4.69) is 28.6 Å². The zero-order valence-corrected chi connectivity index (χ0v) is 17.4. The van der Waals surface area contributed by atoms with Crippen LogP contribution in [-0.4, -0.2) is 58.7 Å². The number of thiol groups is 1. The van der Waals surface area contributed by atoms with E-state index in [1.807, 2.05) is 6.92 Å². The number of hydrogen-bond donors (Lipinski definition) is 6. The van der Waals surface area contributed by atoms with E-state index < -0.39 is 47.9 Å².